The first-order valence-corrected chi connectivity index (χ1v) is 7.02. The molecular formula is C17H15NO6. The molecule has 0 radical (unpaired) electrons. The first-order valence-electron chi connectivity index (χ1n) is 7.02. The van der Waals surface area contributed by atoms with Gasteiger partial charge in [-0.3, -0.25) is 0 Å². The molecule has 0 saturated carbocycles. The fourth-order valence-electron chi connectivity index (χ4n) is 1.81. The minimum Gasteiger partial charge on any atom is -0.508 e. The smallest absolute Gasteiger partial charge is 0.331 e. The average Bonchev–Trinajstić information content (AvgIpc) is 2.58. The Morgan fingerprint density at radius 2 is 1.62 bits per heavy atom. The van der Waals surface area contributed by atoms with Crippen LogP contribution in [0.3, 0.4) is 0 Å². The number of rotatable bonds is 7. The third-order valence-corrected chi connectivity index (χ3v) is 3.05. The Morgan fingerprint density at radius 1 is 1.04 bits per heavy atom. The quantitative estimate of drug-likeness (QED) is 0.363. The molecule has 0 aliphatic heterocycles. The van der Waals surface area contributed by atoms with Crippen LogP contribution in [0.15, 0.2) is 54.6 Å². The van der Waals surface area contributed by atoms with E-state index in [0.29, 0.717) is 5.56 Å². The van der Waals surface area contributed by atoms with Crippen molar-refractivity contribution in [2.24, 2.45) is 0 Å². The first-order chi connectivity index (χ1) is 11.5. The molecule has 0 aliphatic carbocycles. The molecule has 124 valence electrons. The number of benzene rings is 2. The summed E-state index contributed by atoms with van der Waals surface area (Å²) in [6.07, 6.45) is 2.88. The second kappa shape index (κ2) is 8.33. The second-order valence-electron chi connectivity index (χ2n) is 4.85. The van der Waals surface area contributed by atoms with Crippen LogP contribution in [-0.2, 0) is 27.6 Å². The van der Waals surface area contributed by atoms with Gasteiger partial charge in [0.15, 0.2) is 0 Å². The lowest BCUT2D eigenvalue weighted by Crippen LogP contribution is -2.02. The molecule has 0 spiro atoms. The van der Waals surface area contributed by atoms with Crippen LogP contribution < -0.4 is 0 Å². The molecule has 2 aromatic rings. The molecule has 0 atom stereocenters. The summed E-state index contributed by atoms with van der Waals surface area (Å²) in [4.78, 5) is 26.0. The Hall–Kier alpha value is -3.35. The highest BCUT2D eigenvalue weighted by Crippen LogP contribution is 2.11. The normalized spacial score (nSPS) is 10.5. The molecule has 7 nitrogen and oxygen atoms in total. The van der Waals surface area contributed by atoms with Crippen molar-refractivity contribution in [3.8, 4) is 5.75 Å². The van der Waals surface area contributed by atoms with Gasteiger partial charge in [0.2, 0.25) is 0 Å². The molecule has 0 heterocycles. The number of phenols is 1. The van der Waals surface area contributed by atoms with E-state index in [4.69, 9.17) is 9.84 Å². The number of esters is 1. The van der Waals surface area contributed by atoms with Crippen molar-refractivity contribution in [3.63, 3.8) is 0 Å². The lowest BCUT2D eigenvalue weighted by Gasteiger charge is -2.04. The van der Waals surface area contributed by atoms with E-state index < -0.39 is 11.1 Å². The van der Waals surface area contributed by atoms with Gasteiger partial charge in [-0.1, -0.05) is 36.4 Å². The van der Waals surface area contributed by atoms with Gasteiger partial charge in [0.05, 0.1) is 0 Å². The molecular weight excluding hydrogens is 314 g/mol. The zero-order valence-electron chi connectivity index (χ0n) is 12.6. The van der Waals surface area contributed by atoms with Crippen LogP contribution in [-0.4, -0.2) is 16.2 Å². The second-order valence-corrected chi connectivity index (χ2v) is 4.85. The zero-order chi connectivity index (χ0) is 17.4. The van der Waals surface area contributed by atoms with Gasteiger partial charge >= 0.3 is 5.97 Å². The highest BCUT2D eigenvalue weighted by Gasteiger charge is 2.01. The third-order valence-electron chi connectivity index (χ3n) is 3.05. The van der Waals surface area contributed by atoms with Crippen LogP contribution >= 0.6 is 0 Å². The number of hydrogen-bond donors (Lipinski definition) is 1. The van der Waals surface area contributed by atoms with Gasteiger partial charge in [-0.05, 0) is 34.9 Å². The number of carbonyl (C=O) groups is 1. The third kappa shape index (κ3) is 5.80. The van der Waals surface area contributed by atoms with Crippen LogP contribution in [0.2, 0.25) is 0 Å². The number of ether oxygens (including phenoxy) is 1. The predicted octanol–water partition coefficient (Wildman–Crippen LogP) is 2.86. The SMILES string of the molecule is O=C(C=Cc1ccc(O)cc1)OCc1ccc(CO[N+](=O)[O-])cc1. The van der Waals surface area contributed by atoms with Crippen molar-refractivity contribution >= 4 is 12.0 Å². The Morgan fingerprint density at radius 3 is 2.21 bits per heavy atom. The largest absolute Gasteiger partial charge is 0.508 e. The number of nitrogens with zero attached hydrogens (tertiary/aromatic N) is 1. The summed E-state index contributed by atoms with van der Waals surface area (Å²) in [6, 6.07) is 13.1. The van der Waals surface area contributed by atoms with E-state index in [1.807, 2.05) is 0 Å². The van der Waals surface area contributed by atoms with E-state index >= 15 is 0 Å². The highest BCUT2D eigenvalue weighted by molar-refractivity contribution is 5.87. The minimum absolute atomic E-state index is 0.0924. The lowest BCUT2D eigenvalue weighted by molar-refractivity contribution is -0.763. The number of aromatic hydroxyl groups is 1. The molecule has 0 amide bonds. The van der Waals surface area contributed by atoms with Gasteiger partial charge < -0.3 is 14.7 Å². The average molecular weight is 329 g/mol. The van der Waals surface area contributed by atoms with Crippen LogP contribution in [0.1, 0.15) is 16.7 Å². The fraction of sp³-hybridized carbons (Fsp3) is 0.118. The molecule has 1 N–H and O–H groups in total. The Bertz CT molecular complexity index is 722. The van der Waals surface area contributed by atoms with Crippen LogP contribution in [0, 0.1) is 10.1 Å². The van der Waals surface area contributed by atoms with Crippen LogP contribution in [0.25, 0.3) is 6.08 Å². The Labute approximate surface area is 137 Å². The number of carbonyl (C=O) groups excluding carboxylic acids is 1. The molecule has 2 rings (SSSR count). The number of phenolic OH excluding ortho intramolecular Hbond substituents is 1. The molecule has 0 unspecified atom stereocenters. The Kier molecular flexibility index (Phi) is 5.90. The van der Waals surface area contributed by atoms with Gasteiger partial charge in [0.1, 0.15) is 19.0 Å². The molecule has 0 saturated heterocycles. The number of hydrogen-bond acceptors (Lipinski definition) is 6. The standard InChI is InChI=1S/C17H15NO6/c19-16-8-5-13(6-9-16)7-10-17(20)23-11-14-1-3-15(4-2-14)12-24-18(21)22/h1-10,19H,11-12H2. The van der Waals surface area contributed by atoms with Crippen molar-refractivity contribution in [2.45, 2.75) is 13.2 Å². The lowest BCUT2D eigenvalue weighted by atomic mass is 10.1. The van der Waals surface area contributed by atoms with Crippen molar-refractivity contribution in [2.75, 3.05) is 0 Å². The van der Waals surface area contributed by atoms with Crippen molar-refractivity contribution in [3.05, 3.63) is 81.4 Å². The first kappa shape index (κ1) is 17.0. The summed E-state index contributed by atoms with van der Waals surface area (Å²) >= 11 is 0. The maximum atomic E-state index is 11.6. The van der Waals surface area contributed by atoms with Crippen molar-refractivity contribution < 1.29 is 24.6 Å². The molecule has 2 aromatic carbocycles. The monoisotopic (exact) mass is 329 g/mol. The van der Waals surface area contributed by atoms with Gasteiger partial charge in [-0.25, -0.2) is 4.79 Å². The van der Waals surface area contributed by atoms with E-state index in [9.17, 15) is 14.9 Å². The van der Waals surface area contributed by atoms with E-state index in [1.54, 1.807) is 42.5 Å². The van der Waals surface area contributed by atoms with Crippen molar-refractivity contribution in [1.82, 2.24) is 0 Å². The summed E-state index contributed by atoms with van der Waals surface area (Å²) in [5.74, 6) is -0.342. The minimum atomic E-state index is -0.851. The van der Waals surface area contributed by atoms with E-state index in [1.165, 1.54) is 18.2 Å². The summed E-state index contributed by atoms with van der Waals surface area (Å²) in [5, 5.41) is 18.4. The van der Waals surface area contributed by atoms with Gasteiger partial charge in [-0.15, -0.1) is 10.1 Å². The fourth-order valence-corrected chi connectivity index (χ4v) is 1.81. The molecule has 0 aromatic heterocycles. The Balaban J connectivity index is 1.80. The van der Waals surface area contributed by atoms with Gasteiger partial charge in [0, 0.05) is 6.08 Å². The summed E-state index contributed by atoms with van der Waals surface area (Å²) in [5.41, 5.74) is 2.17. The molecule has 24 heavy (non-hydrogen) atoms. The summed E-state index contributed by atoms with van der Waals surface area (Å²) in [6.45, 7) is -0.0302. The van der Waals surface area contributed by atoms with E-state index in [-0.39, 0.29) is 19.0 Å². The van der Waals surface area contributed by atoms with E-state index in [2.05, 4.69) is 4.84 Å². The highest BCUT2D eigenvalue weighted by atomic mass is 16.9. The van der Waals surface area contributed by atoms with Crippen molar-refractivity contribution in [1.29, 1.82) is 0 Å². The summed E-state index contributed by atoms with van der Waals surface area (Å²) < 4.78 is 5.10. The van der Waals surface area contributed by atoms with Crippen LogP contribution in [0.5, 0.6) is 5.75 Å². The topological polar surface area (TPSA) is 98.9 Å². The van der Waals surface area contributed by atoms with Crippen LogP contribution in [0.4, 0.5) is 0 Å². The zero-order valence-corrected chi connectivity index (χ0v) is 12.6. The van der Waals surface area contributed by atoms with Gasteiger partial charge in [-0.2, -0.15) is 0 Å². The van der Waals surface area contributed by atoms with E-state index in [0.717, 1.165) is 11.1 Å². The van der Waals surface area contributed by atoms with Gasteiger partial charge in [0.25, 0.3) is 5.09 Å². The molecule has 0 fully saturated rings. The molecule has 0 aliphatic rings. The predicted molar refractivity (Wildman–Crippen MR) is 85.2 cm³/mol. The maximum Gasteiger partial charge on any atom is 0.331 e. The summed E-state index contributed by atoms with van der Waals surface area (Å²) in [7, 11) is 0. The molecule has 0 bridgehead atoms. The maximum absolute atomic E-state index is 11.6. The molecule has 7 heteroatoms.